The van der Waals surface area contributed by atoms with Gasteiger partial charge in [0.2, 0.25) is 0 Å². The van der Waals surface area contributed by atoms with Crippen LogP contribution in [0.1, 0.15) is 60.2 Å². The zero-order valence-corrected chi connectivity index (χ0v) is 14.9. The average Bonchev–Trinajstić information content (AvgIpc) is 2.81. The number of hydrogen-bond acceptors (Lipinski definition) is 4. The van der Waals surface area contributed by atoms with Crippen molar-refractivity contribution in [3.8, 4) is 0 Å². The lowest BCUT2D eigenvalue weighted by atomic mass is 10.1. The molecule has 0 saturated heterocycles. The lowest BCUT2D eigenvalue weighted by Gasteiger charge is -2.17. The van der Waals surface area contributed by atoms with Crippen molar-refractivity contribution in [2.45, 2.75) is 45.6 Å². The summed E-state index contributed by atoms with van der Waals surface area (Å²) in [5.74, 6) is -1.50. The number of aliphatic carboxylic acids is 1. The summed E-state index contributed by atoms with van der Waals surface area (Å²) in [5.41, 5.74) is 1.06. The number of unbranched alkanes of at least 4 members (excludes halogenated alkanes) is 2. The van der Waals surface area contributed by atoms with Crippen molar-refractivity contribution in [2.24, 2.45) is 0 Å². The van der Waals surface area contributed by atoms with Gasteiger partial charge in [-0.2, -0.15) is 0 Å². The van der Waals surface area contributed by atoms with Crippen LogP contribution in [0.15, 0.2) is 18.2 Å². The second-order valence-electron chi connectivity index (χ2n) is 6.42. The van der Waals surface area contributed by atoms with Crippen molar-refractivity contribution in [1.29, 1.82) is 0 Å². The summed E-state index contributed by atoms with van der Waals surface area (Å²) in [4.78, 5) is 48.1. The molecule has 26 heavy (non-hydrogen) atoms. The molecule has 8 nitrogen and oxygen atoms in total. The smallest absolute Gasteiger partial charge is 0.319 e. The number of carbonyl (C=O) groups excluding carboxylic acids is 3. The van der Waals surface area contributed by atoms with Crippen LogP contribution in [0.4, 0.5) is 10.5 Å². The molecular formula is C18H23N3O5. The first kappa shape index (κ1) is 19.4. The van der Waals surface area contributed by atoms with Crippen molar-refractivity contribution in [2.75, 3.05) is 11.9 Å². The van der Waals surface area contributed by atoms with E-state index in [0.29, 0.717) is 37.1 Å². The fourth-order valence-corrected chi connectivity index (χ4v) is 2.76. The third kappa shape index (κ3) is 4.59. The van der Waals surface area contributed by atoms with E-state index in [0.717, 1.165) is 0 Å². The molecule has 1 aromatic rings. The van der Waals surface area contributed by atoms with Crippen molar-refractivity contribution in [3.63, 3.8) is 0 Å². The molecule has 0 aromatic heterocycles. The molecule has 1 aromatic carbocycles. The molecule has 1 aliphatic heterocycles. The fraction of sp³-hybridized carbons (Fsp3) is 0.444. The number of amides is 4. The Morgan fingerprint density at radius 3 is 2.42 bits per heavy atom. The Bertz CT molecular complexity index is 730. The van der Waals surface area contributed by atoms with Crippen LogP contribution in [0.3, 0.4) is 0 Å². The number of nitrogens with zero attached hydrogens (tertiary/aromatic N) is 1. The number of urea groups is 1. The van der Waals surface area contributed by atoms with E-state index in [2.05, 4.69) is 10.6 Å². The summed E-state index contributed by atoms with van der Waals surface area (Å²) in [6, 6.07) is 3.98. The molecule has 0 spiro atoms. The number of imide groups is 1. The predicted octanol–water partition coefficient (Wildman–Crippen LogP) is 2.46. The number of nitrogens with one attached hydrogen (secondary N) is 2. The number of carbonyl (C=O) groups is 4. The van der Waals surface area contributed by atoms with Gasteiger partial charge in [0.25, 0.3) is 11.8 Å². The first-order chi connectivity index (χ1) is 12.3. The first-order valence-electron chi connectivity index (χ1n) is 8.60. The lowest BCUT2D eigenvalue weighted by molar-refractivity contribution is -0.137. The Morgan fingerprint density at radius 1 is 1.08 bits per heavy atom. The van der Waals surface area contributed by atoms with Crippen LogP contribution in [0, 0.1) is 0 Å². The average molecular weight is 361 g/mol. The molecular weight excluding hydrogens is 338 g/mol. The van der Waals surface area contributed by atoms with Gasteiger partial charge in [-0.3, -0.25) is 19.3 Å². The molecule has 0 fully saturated rings. The molecule has 0 aliphatic carbocycles. The summed E-state index contributed by atoms with van der Waals surface area (Å²) in [5, 5.41) is 13.9. The number of rotatable bonds is 8. The molecule has 1 heterocycles. The number of anilines is 1. The number of fused-ring (bicyclic) bond motifs is 1. The summed E-state index contributed by atoms with van der Waals surface area (Å²) < 4.78 is 0. The minimum Gasteiger partial charge on any atom is -0.481 e. The molecule has 4 amide bonds. The predicted molar refractivity (Wildman–Crippen MR) is 95.2 cm³/mol. The van der Waals surface area contributed by atoms with Crippen molar-refractivity contribution in [3.05, 3.63) is 29.3 Å². The van der Waals surface area contributed by atoms with E-state index in [9.17, 15) is 19.2 Å². The fourth-order valence-electron chi connectivity index (χ4n) is 2.76. The molecule has 8 heteroatoms. The third-order valence-corrected chi connectivity index (χ3v) is 4.05. The zero-order valence-electron chi connectivity index (χ0n) is 14.9. The van der Waals surface area contributed by atoms with Crippen LogP contribution in [0.2, 0.25) is 0 Å². The highest BCUT2D eigenvalue weighted by Crippen LogP contribution is 2.27. The molecule has 0 bridgehead atoms. The van der Waals surface area contributed by atoms with Gasteiger partial charge in [0.1, 0.15) is 0 Å². The van der Waals surface area contributed by atoms with Crippen LogP contribution >= 0.6 is 0 Å². The van der Waals surface area contributed by atoms with Gasteiger partial charge >= 0.3 is 12.0 Å². The van der Waals surface area contributed by atoms with Crippen molar-refractivity contribution in [1.82, 2.24) is 10.2 Å². The Balaban J connectivity index is 1.86. The van der Waals surface area contributed by atoms with E-state index < -0.39 is 12.0 Å². The highest BCUT2D eigenvalue weighted by atomic mass is 16.4. The summed E-state index contributed by atoms with van der Waals surface area (Å²) >= 11 is 0. The Kier molecular flexibility index (Phi) is 6.32. The van der Waals surface area contributed by atoms with Crippen molar-refractivity contribution >= 4 is 29.5 Å². The van der Waals surface area contributed by atoms with Crippen molar-refractivity contribution < 1.29 is 24.3 Å². The monoisotopic (exact) mass is 361 g/mol. The number of benzene rings is 1. The topological polar surface area (TPSA) is 116 Å². The Morgan fingerprint density at radius 2 is 1.77 bits per heavy atom. The van der Waals surface area contributed by atoms with E-state index >= 15 is 0 Å². The van der Waals surface area contributed by atoms with Gasteiger partial charge < -0.3 is 15.7 Å². The quantitative estimate of drug-likeness (QED) is 0.486. The van der Waals surface area contributed by atoms with Crippen LogP contribution in [-0.4, -0.2) is 46.4 Å². The SMILES string of the molecule is CC(C)N1C(=O)c2ccc(NC(=O)NCCCCCC(=O)O)cc2C1=O. The number of carboxylic acids is 1. The molecule has 0 radical (unpaired) electrons. The molecule has 0 unspecified atom stereocenters. The zero-order chi connectivity index (χ0) is 19.3. The summed E-state index contributed by atoms with van der Waals surface area (Å²) in [7, 11) is 0. The normalized spacial score (nSPS) is 13.1. The van der Waals surface area contributed by atoms with E-state index in [1.807, 2.05) is 0 Å². The Hall–Kier alpha value is -2.90. The maximum atomic E-state index is 12.3. The summed E-state index contributed by atoms with van der Waals surface area (Å²) in [6.07, 6.45) is 2.10. The maximum Gasteiger partial charge on any atom is 0.319 e. The van der Waals surface area contributed by atoms with Crippen LogP contribution in [-0.2, 0) is 4.79 Å². The molecule has 3 N–H and O–H groups in total. The number of hydrogen-bond donors (Lipinski definition) is 3. The largest absolute Gasteiger partial charge is 0.481 e. The van der Waals surface area contributed by atoms with Gasteiger partial charge in [0.15, 0.2) is 0 Å². The molecule has 1 aliphatic rings. The molecule has 2 rings (SSSR count). The minimum atomic E-state index is -0.823. The second-order valence-corrected chi connectivity index (χ2v) is 6.42. The first-order valence-corrected chi connectivity index (χ1v) is 8.60. The van der Waals surface area contributed by atoms with E-state index in [1.54, 1.807) is 26.0 Å². The maximum absolute atomic E-state index is 12.3. The van der Waals surface area contributed by atoms with Gasteiger partial charge in [-0.25, -0.2) is 4.79 Å². The Labute approximate surface area is 151 Å². The third-order valence-electron chi connectivity index (χ3n) is 4.05. The number of carboxylic acid groups (broad SMARTS) is 1. The van der Waals surface area contributed by atoms with Crippen LogP contribution in [0.25, 0.3) is 0 Å². The standard InChI is InChI=1S/C18H23N3O5/c1-11(2)21-16(24)13-8-7-12(10-14(13)17(21)25)20-18(26)19-9-5-3-4-6-15(22)23/h7-8,10-11H,3-6,9H2,1-2H3,(H,22,23)(H2,19,20,26). The van der Waals surface area contributed by atoms with Gasteiger partial charge in [0.05, 0.1) is 11.1 Å². The van der Waals surface area contributed by atoms with Gasteiger partial charge in [0, 0.05) is 24.7 Å². The van der Waals surface area contributed by atoms with Crippen LogP contribution < -0.4 is 10.6 Å². The van der Waals surface area contributed by atoms with Gasteiger partial charge in [-0.1, -0.05) is 6.42 Å². The van der Waals surface area contributed by atoms with E-state index in [4.69, 9.17) is 5.11 Å². The van der Waals surface area contributed by atoms with E-state index in [1.165, 1.54) is 11.0 Å². The highest BCUT2D eigenvalue weighted by molar-refractivity contribution is 6.22. The molecule has 0 saturated carbocycles. The van der Waals surface area contributed by atoms with Crippen LogP contribution in [0.5, 0.6) is 0 Å². The second kappa shape index (κ2) is 8.46. The highest BCUT2D eigenvalue weighted by Gasteiger charge is 2.37. The lowest BCUT2D eigenvalue weighted by Crippen LogP contribution is -2.35. The van der Waals surface area contributed by atoms with E-state index in [-0.39, 0.29) is 29.8 Å². The molecule has 0 atom stereocenters. The van der Waals surface area contributed by atoms with Gasteiger partial charge in [-0.05, 0) is 44.9 Å². The summed E-state index contributed by atoms with van der Waals surface area (Å²) in [6.45, 7) is 3.96. The minimum absolute atomic E-state index is 0.126. The van der Waals surface area contributed by atoms with Gasteiger partial charge in [-0.15, -0.1) is 0 Å². The molecule has 140 valence electrons.